The molecule has 1 N–H and O–H groups in total. The summed E-state index contributed by atoms with van der Waals surface area (Å²) in [6.45, 7) is 0. The Balaban J connectivity index is 1.90. The van der Waals surface area contributed by atoms with Crippen LogP contribution in [0.1, 0.15) is 5.56 Å². The first kappa shape index (κ1) is 10.7. The van der Waals surface area contributed by atoms with E-state index in [1.807, 2.05) is 45.8 Å². The molecule has 1 aromatic carbocycles. The molecule has 0 saturated heterocycles. The van der Waals surface area contributed by atoms with Gasteiger partial charge in [-0.1, -0.05) is 16.8 Å². The Morgan fingerprint density at radius 1 is 1.10 bits per heavy atom. The van der Waals surface area contributed by atoms with Crippen molar-refractivity contribution in [1.82, 2.24) is 19.7 Å². The second-order valence-corrected chi connectivity index (χ2v) is 4.43. The van der Waals surface area contributed by atoms with Gasteiger partial charge in [0.1, 0.15) is 12.4 Å². The second-order valence-electron chi connectivity index (χ2n) is 4.43. The van der Waals surface area contributed by atoms with E-state index in [-0.39, 0.29) is 0 Å². The number of hydrogen-bond acceptors (Lipinski definition) is 3. The van der Waals surface area contributed by atoms with Gasteiger partial charge in [-0.2, -0.15) is 10.4 Å². The highest BCUT2D eigenvalue weighted by Gasteiger charge is 2.15. The molecule has 0 radical (unpaired) electrons. The summed E-state index contributed by atoms with van der Waals surface area (Å²) in [6.07, 6.45) is 7.26. The summed E-state index contributed by atoms with van der Waals surface area (Å²) >= 11 is 0. The lowest BCUT2D eigenvalue weighted by Gasteiger charge is -1.94. The lowest BCUT2D eigenvalue weighted by Crippen LogP contribution is -2.24. The van der Waals surface area contributed by atoms with Gasteiger partial charge in [-0.05, 0) is 17.7 Å². The van der Waals surface area contributed by atoms with E-state index >= 15 is 0 Å². The van der Waals surface area contributed by atoms with Gasteiger partial charge >= 0.3 is 5.65 Å². The van der Waals surface area contributed by atoms with Crippen molar-refractivity contribution in [2.75, 3.05) is 0 Å². The summed E-state index contributed by atoms with van der Waals surface area (Å²) in [4.78, 5) is 8.53. The minimum Gasteiger partial charge on any atom is -0.214 e. The molecule has 0 unspecified atom stereocenters. The number of aromatic nitrogens is 5. The zero-order chi connectivity index (χ0) is 13.5. The van der Waals surface area contributed by atoms with Crippen molar-refractivity contribution in [2.24, 2.45) is 0 Å². The number of benzene rings is 1. The fourth-order valence-electron chi connectivity index (χ4n) is 2.24. The Kier molecular flexibility index (Phi) is 2.08. The first-order chi connectivity index (χ1) is 9.85. The third-order valence-corrected chi connectivity index (χ3v) is 3.22. The Hall–Kier alpha value is -3.20. The van der Waals surface area contributed by atoms with Crippen molar-refractivity contribution in [1.29, 1.82) is 5.26 Å². The number of fused-ring (bicyclic) bond motifs is 3. The van der Waals surface area contributed by atoms with Crippen LogP contribution in [-0.4, -0.2) is 19.7 Å². The van der Waals surface area contributed by atoms with Crippen LogP contribution in [0.15, 0.2) is 49.1 Å². The van der Waals surface area contributed by atoms with Crippen LogP contribution in [0.3, 0.4) is 0 Å². The van der Waals surface area contributed by atoms with Crippen LogP contribution in [0.25, 0.3) is 22.4 Å². The van der Waals surface area contributed by atoms with E-state index in [0.717, 1.165) is 22.4 Å². The largest absolute Gasteiger partial charge is 0.346 e. The van der Waals surface area contributed by atoms with Gasteiger partial charge in [0.2, 0.25) is 0 Å². The number of rotatable bonds is 1. The normalized spacial score (nSPS) is 10.9. The van der Waals surface area contributed by atoms with Gasteiger partial charge in [0.15, 0.2) is 0 Å². The molecule has 6 heteroatoms. The minimum atomic E-state index is 0.655. The van der Waals surface area contributed by atoms with Gasteiger partial charge in [0.05, 0.1) is 24.0 Å². The SMILES string of the molecule is N#Cc1ccc(-c2cn3[nH]c4nccnc4[n+]3c2)cc1. The maximum Gasteiger partial charge on any atom is 0.346 e. The average molecular weight is 261 g/mol. The molecule has 0 aliphatic heterocycles. The van der Waals surface area contributed by atoms with E-state index in [9.17, 15) is 0 Å². The van der Waals surface area contributed by atoms with E-state index in [1.54, 1.807) is 12.4 Å². The highest BCUT2D eigenvalue weighted by molar-refractivity contribution is 5.64. The van der Waals surface area contributed by atoms with Gasteiger partial charge in [-0.25, -0.2) is 4.98 Å². The van der Waals surface area contributed by atoms with Gasteiger partial charge in [-0.15, -0.1) is 9.50 Å². The lowest BCUT2D eigenvalue weighted by atomic mass is 10.1. The number of H-pyrrole nitrogens is 1. The Morgan fingerprint density at radius 2 is 1.90 bits per heavy atom. The fraction of sp³-hybridized carbons (Fsp3) is 0. The van der Waals surface area contributed by atoms with Crippen LogP contribution >= 0.6 is 0 Å². The summed E-state index contributed by atoms with van der Waals surface area (Å²) in [6, 6.07) is 9.60. The van der Waals surface area contributed by atoms with E-state index in [4.69, 9.17) is 5.26 Å². The van der Waals surface area contributed by atoms with Crippen LogP contribution < -0.4 is 4.52 Å². The summed E-state index contributed by atoms with van der Waals surface area (Å²) in [5, 5.41) is 12.0. The van der Waals surface area contributed by atoms with Crippen molar-refractivity contribution in [2.45, 2.75) is 0 Å². The molecule has 3 aromatic heterocycles. The molecule has 4 aromatic rings. The predicted molar refractivity (Wildman–Crippen MR) is 70.6 cm³/mol. The maximum atomic E-state index is 8.82. The molecule has 0 aliphatic rings. The zero-order valence-electron chi connectivity index (χ0n) is 10.4. The Morgan fingerprint density at radius 3 is 2.70 bits per heavy atom. The van der Waals surface area contributed by atoms with Crippen LogP contribution in [0, 0.1) is 11.3 Å². The van der Waals surface area contributed by atoms with Crippen molar-refractivity contribution in [3.05, 3.63) is 54.6 Å². The second kappa shape index (κ2) is 3.90. The van der Waals surface area contributed by atoms with Crippen LogP contribution in [-0.2, 0) is 0 Å². The highest BCUT2D eigenvalue weighted by Crippen LogP contribution is 2.18. The van der Waals surface area contributed by atoms with E-state index in [1.165, 1.54) is 0 Å². The topological polar surface area (TPSA) is 73.9 Å². The van der Waals surface area contributed by atoms with Gasteiger partial charge in [-0.3, -0.25) is 0 Å². The first-order valence-electron chi connectivity index (χ1n) is 6.08. The van der Waals surface area contributed by atoms with Crippen molar-refractivity contribution in [3.8, 4) is 17.2 Å². The van der Waals surface area contributed by atoms with E-state index < -0.39 is 0 Å². The predicted octanol–water partition coefficient (Wildman–Crippen LogP) is 1.33. The van der Waals surface area contributed by atoms with E-state index in [0.29, 0.717) is 5.56 Å². The van der Waals surface area contributed by atoms with Crippen molar-refractivity contribution < 1.29 is 4.52 Å². The molecule has 0 bridgehead atoms. The van der Waals surface area contributed by atoms with Crippen LogP contribution in [0.4, 0.5) is 0 Å². The number of nitriles is 1. The lowest BCUT2D eigenvalue weighted by molar-refractivity contribution is -0.594. The van der Waals surface area contributed by atoms with E-state index in [2.05, 4.69) is 21.1 Å². The minimum absolute atomic E-state index is 0.655. The summed E-state index contributed by atoms with van der Waals surface area (Å²) in [7, 11) is 0. The fourth-order valence-corrected chi connectivity index (χ4v) is 2.24. The third kappa shape index (κ3) is 1.47. The molecular weight excluding hydrogens is 252 g/mol. The molecule has 0 spiro atoms. The zero-order valence-corrected chi connectivity index (χ0v) is 10.4. The Labute approximate surface area is 113 Å². The molecule has 0 fully saturated rings. The smallest absolute Gasteiger partial charge is 0.214 e. The Bertz CT molecular complexity index is 955. The van der Waals surface area contributed by atoms with Gasteiger partial charge < -0.3 is 0 Å². The molecule has 20 heavy (non-hydrogen) atoms. The quantitative estimate of drug-likeness (QED) is 0.525. The number of nitrogens with one attached hydrogen (secondary N) is 1. The molecule has 0 atom stereocenters. The summed E-state index contributed by atoms with van der Waals surface area (Å²) in [5.41, 5.74) is 4.25. The van der Waals surface area contributed by atoms with Crippen LogP contribution in [0.2, 0.25) is 0 Å². The van der Waals surface area contributed by atoms with Crippen molar-refractivity contribution in [3.63, 3.8) is 0 Å². The van der Waals surface area contributed by atoms with Crippen molar-refractivity contribution >= 4 is 11.3 Å². The monoisotopic (exact) mass is 261 g/mol. The maximum absolute atomic E-state index is 8.82. The summed E-state index contributed by atoms with van der Waals surface area (Å²) in [5.74, 6) is 0. The highest BCUT2D eigenvalue weighted by atomic mass is 15.5. The standard InChI is InChI=1S/C14H9N6/c15-7-10-1-3-11(4-2-10)12-8-19-14-13(16-5-6-17-14)18-20(19)9-12/h1-6,8-9H,(H,16,18)/q+1. The van der Waals surface area contributed by atoms with Gasteiger partial charge in [0.25, 0.3) is 5.65 Å². The molecule has 6 nitrogen and oxygen atoms in total. The molecular formula is C14H9N6+. The van der Waals surface area contributed by atoms with Gasteiger partial charge in [0, 0.05) is 5.56 Å². The molecule has 3 heterocycles. The summed E-state index contributed by atoms with van der Waals surface area (Å²) < 4.78 is 3.73. The number of nitrogens with zero attached hydrogens (tertiary/aromatic N) is 5. The number of aromatic amines is 1. The molecule has 0 amide bonds. The third-order valence-electron chi connectivity index (χ3n) is 3.22. The van der Waals surface area contributed by atoms with Crippen LogP contribution in [0.5, 0.6) is 0 Å². The molecule has 0 saturated carbocycles. The average Bonchev–Trinajstić information content (AvgIpc) is 3.05. The molecule has 94 valence electrons. The molecule has 4 rings (SSSR count). The first-order valence-corrected chi connectivity index (χ1v) is 6.08. The number of hydrogen-bond donors (Lipinski definition) is 1. The molecule has 0 aliphatic carbocycles.